The van der Waals surface area contributed by atoms with Crippen LogP contribution in [0.2, 0.25) is 0 Å². The van der Waals surface area contributed by atoms with Crippen molar-refractivity contribution in [2.75, 3.05) is 18.0 Å². The number of hydrogen-bond donors (Lipinski definition) is 4. The van der Waals surface area contributed by atoms with Crippen LogP contribution >= 0.6 is 0 Å². The van der Waals surface area contributed by atoms with Crippen molar-refractivity contribution in [2.24, 2.45) is 11.8 Å². The Morgan fingerprint density at radius 2 is 2.00 bits per heavy atom. The van der Waals surface area contributed by atoms with Crippen molar-refractivity contribution in [1.29, 1.82) is 0 Å². The SMILES string of the molecule is Cc1c(N2CCC([C@H](C)NC(=O)O)C2)c(F)cc2c(C(=O)NN)cc(=O)n(C3CC3)c12. The summed E-state index contributed by atoms with van der Waals surface area (Å²) in [6.07, 6.45) is 1.34. The number of hydrogen-bond acceptors (Lipinski definition) is 5. The number of aryl methyl sites for hydroxylation is 1. The van der Waals surface area contributed by atoms with Gasteiger partial charge in [-0.2, -0.15) is 0 Å². The smallest absolute Gasteiger partial charge is 0.404 e. The molecule has 2 heterocycles. The standard InChI is InChI=1S/C21H26FN5O4/c1-10-18-14(15(20(29)25-23)8-17(28)27(18)13-3-4-13)7-16(22)19(10)26-6-5-12(9-26)11(2)24-21(30)31/h7-8,11-13,24H,3-6,9,23H2,1-2H3,(H,25,29)(H,30,31)/t11-,12?/m0/s1. The minimum Gasteiger partial charge on any atom is -0.465 e. The van der Waals surface area contributed by atoms with E-state index < -0.39 is 17.8 Å². The number of anilines is 1. The van der Waals surface area contributed by atoms with E-state index in [2.05, 4.69) is 5.32 Å². The lowest BCUT2D eigenvalue weighted by molar-refractivity contribution is 0.0955. The largest absolute Gasteiger partial charge is 0.465 e. The lowest BCUT2D eigenvalue weighted by atomic mass is 10.0. The molecule has 1 saturated carbocycles. The average molecular weight is 431 g/mol. The topological polar surface area (TPSA) is 130 Å². The number of pyridine rings is 1. The number of nitrogens with two attached hydrogens (primary N) is 1. The summed E-state index contributed by atoms with van der Waals surface area (Å²) in [6.45, 7) is 4.61. The maximum Gasteiger partial charge on any atom is 0.404 e. The molecule has 2 aromatic rings. The summed E-state index contributed by atoms with van der Waals surface area (Å²) in [6, 6.07) is 2.28. The van der Waals surface area contributed by atoms with E-state index in [1.165, 1.54) is 12.1 Å². The number of nitrogen functional groups attached to an aromatic ring is 1. The number of rotatable bonds is 5. The lowest BCUT2D eigenvalue weighted by Gasteiger charge is -2.26. The Balaban J connectivity index is 1.83. The van der Waals surface area contributed by atoms with Gasteiger partial charge in [-0.1, -0.05) is 0 Å². The molecular weight excluding hydrogens is 405 g/mol. The minimum absolute atomic E-state index is 0.0329. The van der Waals surface area contributed by atoms with Gasteiger partial charge in [0.05, 0.1) is 16.8 Å². The normalized spacial score (nSPS) is 19.5. The van der Waals surface area contributed by atoms with Gasteiger partial charge in [0.2, 0.25) is 0 Å². The van der Waals surface area contributed by atoms with Crippen molar-refractivity contribution in [2.45, 2.75) is 45.2 Å². The monoisotopic (exact) mass is 431 g/mol. The van der Waals surface area contributed by atoms with Gasteiger partial charge in [-0.15, -0.1) is 0 Å². The zero-order chi connectivity index (χ0) is 22.4. The van der Waals surface area contributed by atoms with E-state index in [0.717, 1.165) is 12.8 Å². The molecule has 1 aromatic carbocycles. The van der Waals surface area contributed by atoms with Crippen molar-refractivity contribution in [3.8, 4) is 0 Å². The summed E-state index contributed by atoms with van der Waals surface area (Å²) >= 11 is 0. The Morgan fingerprint density at radius 3 is 2.61 bits per heavy atom. The average Bonchev–Trinajstić information content (AvgIpc) is 3.43. The quantitative estimate of drug-likeness (QED) is 0.325. The molecule has 5 N–H and O–H groups in total. The van der Waals surface area contributed by atoms with E-state index in [-0.39, 0.29) is 29.1 Å². The Hall–Kier alpha value is -3.14. The van der Waals surface area contributed by atoms with Crippen LogP contribution in [0.4, 0.5) is 14.9 Å². The van der Waals surface area contributed by atoms with E-state index >= 15 is 4.39 Å². The number of carbonyl (C=O) groups excluding carboxylic acids is 1. The molecule has 2 atom stereocenters. The van der Waals surface area contributed by atoms with Crippen molar-refractivity contribution in [1.82, 2.24) is 15.3 Å². The minimum atomic E-state index is -1.09. The molecule has 1 unspecified atom stereocenters. The summed E-state index contributed by atoms with van der Waals surface area (Å²) in [5, 5.41) is 11.8. The van der Waals surface area contributed by atoms with Crippen LogP contribution in [-0.2, 0) is 0 Å². The third-order valence-electron chi connectivity index (χ3n) is 6.39. The van der Waals surface area contributed by atoms with Gasteiger partial charge in [0.15, 0.2) is 0 Å². The summed E-state index contributed by atoms with van der Waals surface area (Å²) < 4.78 is 17.0. The van der Waals surface area contributed by atoms with Crippen molar-refractivity contribution < 1.29 is 19.1 Å². The molecule has 31 heavy (non-hydrogen) atoms. The van der Waals surface area contributed by atoms with Gasteiger partial charge in [0.25, 0.3) is 11.5 Å². The predicted octanol–water partition coefficient (Wildman–Crippen LogP) is 1.87. The molecule has 0 radical (unpaired) electrons. The van der Waals surface area contributed by atoms with E-state index in [4.69, 9.17) is 10.9 Å². The number of nitrogens with one attached hydrogen (secondary N) is 2. The van der Waals surface area contributed by atoms with Crippen LogP contribution in [0, 0.1) is 18.7 Å². The molecule has 2 fully saturated rings. The Morgan fingerprint density at radius 1 is 1.29 bits per heavy atom. The van der Waals surface area contributed by atoms with Crippen LogP contribution < -0.4 is 27.0 Å². The molecule has 0 bridgehead atoms. The fourth-order valence-corrected chi connectivity index (χ4v) is 4.71. The number of halogens is 1. The van der Waals surface area contributed by atoms with E-state index in [1.807, 2.05) is 10.3 Å². The van der Waals surface area contributed by atoms with Gasteiger partial charge in [-0.05, 0) is 50.7 Å². The highest BCUT2D eigenvalue weighted by molar-refractivity contribution is 6.07. The third-order valence-corrected chi connectivity index (χ3v) is 6.39. The first kappa shape index (κ1) is 21.1. The molecule has 4 rings (SSSR count). The van der Waals surface area contributed by atoms with E-state index in [9.17, 15) is 14.4 Å². The highest BCUT2D eigenvalue weighted by Gasteiger charge is 2.33. The van der Waals surface area contributed by atoms with Crippen molar-refractivity contribution in [3.05, 3.63) is 39.4 Å². The van der Waals surface area contributed by atoms with Gasteiger partial charge in [-0.3, -0.25) is 15.0 Å². The maximum atomic E-state index is 15.4. The molecule has 2 amide bonds. The number of aromatic nitrogens is 1. The molecule has 1 aliphatic carbocycles. The van der Waals surface area contributed by atoms with Gasteiger partial charge in [0.1, 0.15) is 5.82 Å². The molecule has 166 valence electrons. The van der Waals surface area contributed by atoms with Crippen molar-refractivity contribution in [3.63, 3.8) is 0 Å². The highest BCUT2D eigenvalue weighted by Crippen LogP contribution is 2.41. The summed E-state index contributed by atoms with van der Waals surface area (Å²) in [7, 11) is 0. The first-order chi connectivity index (χ1) is 14.7. The second-order valence-corrected chi connectivity index (χ2v) is 8.43. The van der Waals surface area contributed by atoms with Gasteiger partial charge in [-0.25, -0.2) is 15.0 Å². The van der Waals surface area contributed by atoms with Gasteiger partial charge in [0, 0.05) is 36.6 Å². The summed E-state index contributed by atoms with van der Waals surface area (Å²) in [5.41, 5.74) is 3.29. The zero-order valence-corrected chi connectivity index (χ0v) is 17.4. The Bertz CT molecular complexity index is 1130. The van der Waals surface area contributed by atoms with Crippen LogP contribution in [0.5, 0.6) is 0 Å². The number of benzene rings is 1. The van der Waals surface area contributed by atoms with Crippen LogP contribution in [0.25, 0.3) is 10.9 Å². The second-order valence-electron chi connectivity index (χ2n) is 8.43. The Labute approximate surface area is 178 Å². The number of hydrazine groups is 1. The molecule has 2 aliphatic rings. The number of nitrogens with zero attached hydrogens (tertiary/aromatic N) is 2. The van der Waals surface area contributed by atoms with E-state index in [0.29, 0.717) is 41.7 Å². The summed E-state index contributed by atoms with van der Waals surface area (Å²) in [4.78, 5) is 38.0. The maximum absolute atomic E-state index is 15.4. The van der Waals surface area contributed by atoms with Crippen molar-refractivity contribution >= 4 is 28.6 Å². The van der Waals surface area contributed by atoms with Gasteiger partial charge < -0.3 is 19.9 Å². The molecule has 10 heteroatoms. The third kappa shape index (κ3) is 3.71. The molecule has 1 saturated heterocycles. The molecule has 1 aliphatic heterocycles. The molecule has 1 aromatic heterocycles. The number of carboxylic acid groups (broad SMARTS) is 1. The number of carbonyl (C=O) groups is 2. The number of fused-ring (bicyclic) bond motifs is 1. The van der Waals surface area contributed by atoms with Crippen LogP contribution in [0.1, 0.15) is 48.1 Å². The first-order valence-corrected chi connectivity index (χ1v) is 10.4. The van der Waals surface area contributed by atoms with Gasteiger partial charge >= 0.3 is 6.09 Å². The zero-order valence-electron chi connectivity index (χ0n) is 17.4. The van der Waals surface area contributed by atoms with Crippen LogP contribution in [0.15, 0.2) is 16.9 Å². The molecule has 0 spiro atoms. The van der Waals surface area contributed by atoms with E-state index in [1.54, 1.807) is 18.4 Å². The summed E-state index contributed by atoms with van der Waals surface area (Å²) in [5.74, 6) is 4.18. The fraction of sp³-hybridized carbons (Fsp3) is 0.476. The predicted molar refractivity (Wildman–Crippen MR) is 114 cm³/mol. The van der Waals surface area contributed by atoms with Crippen LogP contribution in [0.3, 0.4) is 0 Å². The number of amides is 2. The second kappa shape index (κ2) is 7.84. The fourth-order valence-electron chi connectivity index (χ4n) is 4.71. The molecule has 9 nitrogen and oxygen atoms in total. The Kier molecular flexibility index (Phi) is 5.34. The first-order valence-electron chi connectivity index (χ1n) is 10.4. The van der Waals surface area contributed by atoms with Crippen LogP contribution in [-0.4, -0.2) is 40.8 Å². The lowest BCUT2D eigenvalue weighted by Crippen LogP contribution is -2.38. The molecular formula is C21H26FN5O4. The highest BCUT2D eigenvalue weighted by atomic mass is 19.1.